The van der Waals surface area contributed by atoms with Gasteiger partial charge in [-0.2, -0.15) is 5.10 Å². The van der Waals surface area contributed by atoms with Crippen molar-refractivity contribution in [3.05, 3.63) is 50.5 Å². The van der Waals surface area contributed by atoms with Gasteiger partial charge in [0.25, 0.3) is 0 Å². The van der Waals surface area contributed by atoms with Crippen LogP contribution in [0.1, 0.15) is 29.9 Å². The molecule has 0 saturated carbocycles. The van der Waals surface area contributed by atoms with E-state index in [1.807, 2.05) is 14.0 Å². The molecule has 1 unspecified atom stereocenters. The fourth-order valence-corrected chi connectivity index (χ4v) is 2.91. The zero-order valence-corrected chi connectivity index (χ0v) is 13.7. The molecule has 0 fully saturated rings. The van der Waals surface area contributed by atoms with Crippen molar-refractivity contribution in [2.24, 2.45) is 12.8 Å². The predicted octanol–water partition coefficient (Wildman–Crippen LogP) is 3.78. The molecule has 0 aliphatic heterocycles. The third-order valence-corrected chi connectivity index (χ3v) is 4.20. The first-order chi connectivity index (χ1) is 9.43. The predicted molar refractivity (Wildman–Crippen MR) is 82.3 cm³/mol. The average Bonchev–Trinajstić information content (AvgIpc) is 2.68. The number of nitrogens with two attached hydrogens (primary N) is 1. The second-order valence-corrected chi connectivity index (χ2v) is 5.95. The van der Waals surface area contributed by atoms with E-state index in [9.17, 15) is 4.39 Å². The molecule has 0 aliphatic rings. The van der Waals surface area contributed by atoms with Crippen LogP contribution in [-0.4, -0.2) is 9.78 Å². The van der Waals surface area contributed by atoms with Gasteiger partial charge in [-0.05, 0) is 24.6 Å². The maximum Gasteiger partial charge on any atom is 0.128 e. The van der Waals surface area contributed by atoms with Crippen LogP contribution in [0, 0.1) is 5.82 Å². The topological polar surface area (TPSA) is 43.8 Å². The Kier molecular flexibility index (Phi) is 4.83. The largest absolute Gasteiger partial charge is 0.324 e. The highest BCUT2D eigenvalue weighted by Crippen LogP contribution is 2.27. The van der Waals surface area contributed by atoms with E-state index in [2.05, 4.69) is 21.0 Å². The van der Waals surface area contributed by atoms with Crippen LogP contribution >= 0.6 is 27.5 Å². The van der Waals surface area contributed by atoms with E-state index in [0.717, 1.165) is 22.3 Å². The van der Waals surface area contributed by atoms with Gasteiger partial charge in [-0.3, -0.25) is 4.68 Å². The van der Waals surface area contributed by atoms with Gasteiger partial charge in [0.1, 0.15) is 5.82 Å². The van der Waals surface area contributed by atoms with Crippen LogP contribution in [0.2, 0.25) is 5.02 Å². The lowest BCUT2D eigenvalue weighted by Crippen LogP contribution is -2.17. The second-order valence-electron chi connectivity index (χ2n) is 4.66. The number of aryl methyl sites for hydroxylation is 2. The van der Waals surface area contributed by atoms with Gasteiger partial charge in [-0.15, -0.1) is 0 Å². The third kappa shape index (κ3) is 3.05. The summed E-state index contributed by atoms with van der Waals surface area (Å²) in [6.45, 7) is 1.99. The maximum absolute atomic E-state index is 13.8. The number of nitrogens with zero attached hydrogens (tertiary/aromatic N) is 2. The molecule has 1 atom stereocenters. The molecule has 108 valence electrons. The van der Waals surface area contributed by atoms with E-state index >= 15 is 0 Å². The second kappa shape index (κ2) is 6.24. The van der Waals surface area contributed by atoms with Crippen molar-refractivity contribution in [1.82, 2.24) is 9.78 Å². The highest BCUT2D eigenvalue weighted by molar-refractivity contribution is 9.10. The summed E-state index contributed by atoms with van der Waals surface area (Å²) in [7, 11) is 1.82. The molecule has 6 heteroatoms. The van der Waals surface area contributed by atoms with Crippen LogP contribution in [-0.2, 0) is 19.9 Å². The fourth-order valence-electron chi connectivity index (χ4n) is 2.16. The Morgan fingerprint density at radius 3 is 2.80 bits per heavy atom. The van der Waals surface area contributed by atoms with Crippen molar-refractivity contribution in [2.45, 2.75) is 25.8 Å². The first kappa shape index (κ1) is 15.5. The molecule has 0 spiro atoms. The average molecular weight is 361 g/mol. The number of aromatic nitrogens is 2. The molecule has 0 bridgehead atoms. The van der Waals surface area contributed by atoms with Crippen LogP contribution in [0.15, 0.2) is 22.7 Å². The van der Waals surface area contributed by atoms with E-state index in [0.29, 0.717) is 17.0 Å². The van der Waals surface area contributed by atoms with Gasteiger partial charge in [0.15, 0.2) is 0 Å². The summed E-state index contributed by atoms with van der Waals surface area (Å²) in [6, 6.07) is 4.29. The highest BCUT2D eigenvalue weighted by atomic mass is 79.9. The maximum atomic E-state index is 13.8. The van der Waals surface area contributed by atoms with E-state index in [-0.39, 0.29) is 5.82 Å². The number of hydrogen-bond donors (Lipinski definition) is 1. The molecule has 3 nitrogen and oxygen atoms in total. The molecule has 1 heterocycles. The van der Waals surface area contributed by atoms with Gasteiger partial charge in [0.05, 0.1) is 16.4 Å². The number of hydrogen-bond acceptors (Lipinski definition) is 2. The minimum absolute atomic E-state index is 0.310. The Bertz CT molecular complexity index is 627. The molecule has 1 aromatic carbocycles. The summed E-state index contributed by atoms with van der Waals surface area (Å²) in [5.41, 5.74) is 8.26. The summed E-state index contributed by atoms with van der Waals surface area (Å²) in [5.74, 6) is -0.310. The molecule has 1 aromatic heterocycles. The zero-order chi connectivity index (χ0) is 14.9. The van der Waals surface area contributed by atoms with Gasteiger partial charge in [-0.25, -0.2) is 4.39 Å². The minimum Gasteiger partial charge on any atom is -0.324 e. The minimum atomic E-state index is -0.467. The summed E-state index contributed by atoms with van der Waals surface area (Å²) < 4.78 is 16.4. The van der Waals surface area contributed by atoms with Crippen LogP contribution in [0.25, 0.3) is 0 Å². The van der Waals surface area contributed by atoms with Gasteiger partial charge in [0, 0.05) is 29.5 Å². The van der Waals surface area contributed by atoms with Gasteiger partial charge in [-0.1, -0.05) is 34.5 Å². The molecule has 2 aromatic rings. The summed E-state index contributed by atoms with van der Waals surface area (Å²) in [5, 5.41) is 4.97. The molecule has 0 amide bonds. The van der Waals surface area contributed by atoms with Crippen molar-refractivity contribution in [2.75, 3.05) is 0 Å². The quantitative estimate of drug-likeness (QED) is 0.902. The molecule has 0 saturated heterocycles. The van der Waals surface area contributed by atoms with Crippen molar-refractivity contribution < 1.29 is 4.39 Å². The van der Waals surface area contributed by atoms with Crippen LogP contribution in [0.5, 0.6) is 0 Å². The fraction of sp³-hybridized carbons (Fsp3) is 0.357. The smallest absolute Gasteiger partial charge is 0.128 e. The first-order valence-corrected chi connectivity index (χ1v) is 7.51. The molecule has 2 rings (SSSR count). The highest BCUT2D eigenvalue weighted by Gasteiger charge is 2.19. The van der Waals surface area contributed by atoms with Crippen molar-refractivity contribution in [3.8, 4) is 0 Å². The van der Waals surface area contributed by atoms with Gasteiger partial charge in [0.2, 0.25) is 0 Å². The van der Waals surface area contributed by atoms with E-state index < -0.39 is 6.04 Å². The molecular formula is C14H16BrClFN3. The lowest BCUT2D eigenvalue weighted by Gasteiger charge is -2.14. The SMILES string of the molecule is CCc1nn(C)c(CC(N)c2cc(Br)ccc2F)c1Cl. The Balaban J connectivity index is 2.30. The molecule has 2 N–H and O–H groups in total. The summed E-state index contributed by atoms with van der Waals surface area (Å²) >= 11 is 9.62. The number of benzene rings is 1. The molecule has 20 heavy (non-hydrogen) atoms. The molecule has 0 aliphatic carbocycles. The molecular weight excluding hydrogens is 345 g/mol. The van der Waals surface area contributed by atoms with Gasteiger partial charge >= 0.3 is 0 Å². The third-order valence-electron chi connectivity index (χ3n) is 3.27. The van der Waals surface area contributed by atoms with E-state index in [4.69, 9.17) is 17.3 Å². The van der Waals surface area contributed by atoms with Crippen molar-refractivity contribution in [1.29, 1.82) is 0 Å². The Morgan fingerprint density at radius 1 is 1.50 bits per heavy atom. The monoisotopic (exact) mass is 359 g/mol. The lowest BCUT2D eigenvalue weighted by molar-refractivity contribution is 0.568. The standard InChI is InChI=1S/C14H16BrClFN3/c1-3-12-14(16)13(20(2)19-12)7-11(18)9-6-8(15)4-5-10(9)17/h4-6,11H,3,7,18H2,1-2H3. The Hall–Kier alpha value is -0.910. The lowest BCUT2D eigenvalue weighted by atomic mass is 10.0. The Labute approximate surface area is 131 Å². The molecule has 0 radical (unpaired) electrons. The summed E-state index contributed by atoms with van der Waals surface area (Å²) in [6.07, 6.45) is 1.20. The summed E-state index contributed by atoms with van der Waals surface area (Å²) in [4.78, 5) is 0. The van der Waals surface area contributed by atoms with Crippen molar-refractivity contribution >= 4 is 27.5 Å². The van der Waals surface area contributed by atoms with Crippen LogP contribution in [0.3, 0.4) is 0 Å². The first-order valence-electron chi connectivity index (χ1n) is 6.34. The van der Waals surface area contributed by atoms with Gasteiger partial charge < -0.3 is 5.73 Å². The zero-order valence-electron chi connectivity index (χ0n) is 11.3. The Morgan fingerprint density at radius 2 is 2.20 bits per heavy atom. The van der Waals surface area contributed by atoms with Crippen LogP contribution in [0.4, 0.5) is 4.39 Å². The van der Waals surface area contributed by atoms with E-state index in [1.165, 1.54) is 6.07 Å². The van der Waals surface area contributed by atoms with E-state index in [1.54, 1.807) is 16.8 Å². The number of halogens is 3. The normalized spacial score (nSPS) is 12.7. The number of rotatable bonds is 4. The van der Waals surface area contributed by atoms with Crippen molar-refractivity contribution in [3.63, 3.8) is 0 Å². The van der Waals surface area contributed by atoms with Crippen LogP contribution < -0.4 is 5.73 Å².